The quantitative estimate of drug-likeness (QED) is 0.332. The zero-order valence-electron chi connectivity index (χ0n) is 7.58. The van der Waals surface area contributed by atoms with E-state index in [-0.39, 0.29) is 5.78 Å². The first-order valence-corrected chi connectivity index (χ1v) is 4.38. The predicted octanol–water partition coefficient (Wildman–Crippen LogP) is 2.28. The third-order valence-electron chi connectivity index (χ3n) is 1.55. The number of allylic oxidation sites excluding steroid dienone is 2. The van der Waals surface area contributed by atoms with Gasteiger partial charge in [0, 0.05) is 6.42 Å². The first-order valence-electron chi connectivity index (χ1n) is 4.38. The maximum atomic E-state index is 10.4. The molecule has 0 saturated carbocycles. The van der Waals surface area contributed by atoms with Crippen molar-refractivity contribution < 1.29 is 9.59 Å². The van der Waals surface area contributed by atoms with Crippen molar-refractivity contribution in [3.8, 4) is 0 Å². The van der Waals surface area contributed by atoms with Crippen LogP contribution in [0, 0.1) is 0 Å². The number of rotatable bonds is 7. The van der Waals surface area contributed by atoms with Crippen molar-refractivity contribution in [1.29, 1.82) is 0 Å². The van der Waals surface area contributed by atoms with Crippen LogP contribution in [0.4, 0.5) is 0 Å². The topological polar surface area (TPSA) is 34.1 Å². The van der Waals surface area contributed by atoms with Gasteiger partial charge in [-0.05, 0) is 32.3 Å². The molecule has 0 saturated heterocycles. The van der Waals surface area contributed by atoms with Gasteiger partial charge in [0.1, 0.15) is 6.29 Å². The highest BCUT2D eigenvalue weighted by Gasteiger charge is 1.87. The Balaban J connectivity index is 3.10. The lowest BCUT2D eigenvalue weighted by molar-refractivity contribution is -0.112. The van der Waals surface area contributed by atoms with Crippen LogP contribution in [-0.4, -0.2) is 12.1 Å². The van der Waals surface area contributed by atoms with Crippen LogP contribution < -0.4 is 0 Å². The number of hydrogen-bond donors (Lipinski definition) is 0. The highest BCUT2D eigenvalue weighted by molar-refractivity contribution is 5.87. The number of ketones is 1. The molecule has 2 nitrogen and oxygen atoms in total. The minimum Gasteiger partial charge on any atom is -0.303 e. The van der Waals surface area contributed by atoms with E-state index in [1.807, 2.05) is 6.08 Å². The average Bonchev–Trinajstić information content (AvgIpc) is 2.02. The van der Waals surface area contributed by atoms with Crippen molar-refractivity contribution in [3.05, 3.63) is 12.2 Å². The van der Waals surface area contributed by atoms with Crippen LogP contribution in [-0.2, 0) is 9.59 Å². The molecule has 68 valence electrons. The molecule has 0 unspecified atom stereocenters. The van der Waals surface area contributed by atoms with Crippen molar-refractivity contribution in [2.45, 2.75) is 39.0 Å². The second-order valence-electron chi connectivity index (χ2n) is 2.82. The lowest BCUT2D eigenvalue weighted by Gasteiger charge is -1.92. The van der Waals surface area contributed by atoms with Gasteiger partial charge in [0.25, 0.3) is 0 Å². The molecule has 0 radical (unpaired) electrons. The molecule has 0 fully saturated rings. The molecule has 0 bridgehead atoms. The molecular weight excluding hydrogens is 152 g/mol. The zero-order chi connectivity index (χ0) is 9.23. The van der Waals surface area contributed by atoms with Crippen molar-refractivity contribution >= 4 is 12.1 Å². The van der Waals surface area contributed by atoms with Crippen molar-refractivity contribution in [3.63, 3.8) is 0 Å². The molecule has 0 atom stereocenters. The molecule has 0 amide bonds. The highest BCUT2D eigenvalue weighted by Crippen LogP contribution is 2.02. The lowest BCUT2D eigenvalue weighted by Crippen LogP contribution is -1.81. The Morgan fingerprint density at radius 2 is 1.83 bits per heavy atom. The van der Waals surface area contributed by atoms with Crippen molar-refractivity contribution in [2.75, 3.05) is 0 Å². The van der Waals surface area contributed by atoms with Gasteiger partial charge in [-0.25, -0.2) is 0 Å². The summed E-state index contributed by atoms with van der Waals surface area (Å²) in [7, 11) is 0. The summed E-state index contributed by atoms with van der Waals surface area (Å²) in [6.07, 6.45) is 9.15. The largest absolute Gasteiger partial charge is 0.303 e. The molecule has 0 aliphatic rings. The number of carbonyl (C=O) groups excluding carboxylic acids is 2. The fraction of sp³-hybridized carbons (Fsp3) is 0.600. The standard InChI is InChI=1S/C10H16O2/c1-10(12)8-6-4-2-3-5-7-9-11/h6,8-9H,2-5,7H2,1H3. The fourth-order valence-electron chi connectivity index (χ4n) is 0.916. The Kier molecular flexibility index (Phi) is 7.55. The minimum atomic E-state index is 0.0999. The lowest BCUT2D eigenvalue weighted by atomic mass is 10.1. The second-order valence-corrected chi connectivity index (χ2v) is 2.82. The van der Waals surface area contributed by atoms with Gasteiger partial charge in [0.05, 0.1) is 0 Å². The molecule has 2 heteroatoms. The molecule has 12 heavy (non-hydrogen) atoms. The monoisotopic (exact) mass is 168 g/mol. The predicted molar refractivity (Wildman–Crippen MR) is 49.0 cm³/mol. The summed E-state index contributed by atoms with van der Waals surface area (Å²) in [6.45, 7) is 1.54. The van der Waals surface area contributed by atoms with E-state index >= 15 is 0 Å². The van der Waals surface area contributed by atoms with Gasteiger partial charge >= 0.3 is 0 Å². The molecule has 0 aromatic carbocycles. The Hall–Kier alpha value is -0.920. The van der Waals surface area contributed by atoms with Crippen LogP contribution in [0.5, 0.6) is 0 Å². The third kappa shape index (κ3) is 9.08. The summed E-state index contributed by atoms with van der Waals surface area (Å²) in [5.41, 5.74) is 0. The summed E-state index contributed by atoms with van der Waals surface area (Å²) in [5.74, 6) is 0.0999. The van der Waals surface area contributed by atoms with Gasteiger partial charge in [0.2, 0.25) is 0 Å². The smallest absolute Gasteiger partial charge is 0.152 e. The highest BCUT2D eigenvalue weighted by atomic mass is 16.1. The van der Waals surface area contributed by atoms with Crippen LogP contribution in [0.2, 0.25) is 0 Å². The van der Waals surface area contributed by atoms with E-state index in [4.69, 9.17) is 0 Å². The number of carbonyl (C=O) groups is 2. The van der Waals surface area contributed by atoms with Gasteiger partial charge in [-0.2, -0.15) is 0 Å². The normalized spacial score (nSPS) is 10.4. The van der Waals surface area contributed by atoms with E-state index < -0.39 is 0 Å². The molecule has 0 heterocycles. The van der Waals surface area contributed by atoms with E-state index in [0.717, 1.165) is 32.0 Å². The SMILES string of the molecule is CC(=O)C=CCCCCCC=O. The average molecular weight is 168 g/mol. The molecule has 0 N–H and O–H groups in total. The number of unbranched alkanes of at least 4 members (excludes halogenated alkanes) is 4. The van der Waals surface area contributed by atoms with E-state index in [2.05, 4.69) is 0 Å². The first-order chi connectivity index (χ1) is 5.77. The van der Waals surface area contributed by atoms with Crippen LogP contribution in [0.3, 0.4) is 0 Å². The molecule has 0 aliphatic carbocycles. The van der Waals surface area contributed by atoms with Crippen LogP contribution in [0.15, 0.2) is 12.2 Å². The zero-order valence-corrected chi connectivity index (χ0v) is 7.58. The molecule has 0 aliphatic heterocycles. The molecule has 0 spiro atoms. The van der Waals surface area contributed by atoms with Gasteiger partial charge < -0.3 is 4.79 Å². The summed E-state index contributed by atoms with van der Waals surface area (Å²) in [6, 6.07) is 0. The van der Waals surface area contributed by atoms with Crippen LogP contribution >= 0.6 is 0 Å². The number of hydrogen-bond acceptors (Lipinski definition) is 2. The molecule has 0 rings (SSSR count). The van der Waals surface area contributed by atoms with Gasteiger partial charge in [-0.1, -0.05) is 12.5 Å². The van der Waals surface area contributed by atoms with Crippen LogP contribution in [0.1, 0.15) is 39.0 Å². The maximum absolute atomic E-state index is 10.4. The minimum absolute atomic E-state index is 0.0999. The van der Waals surface area contributed by atoms with Crippen molar-refractivity contribution in [2.24, 2.45) is 0 Å². The van der Waals surface area contributed by atoms with E-state index in [1.165, 1.54) is 0 Å². The molecular formula is C10H16O2. The van der Waals surface area contributed by atoms with Gasteiger partial charge in [-0.3, -0.25) is 4.79 Å². The summed E-state index contributed by atoms with van der Waals surface area (Å²) in [4.78, 5) is 20.4. The Morgan fingerprint density at radius 1 is 1.17 bits per heavy atom. The second kappa shape index (κ2) is 8.18. The Bertz CT molecular complexity index is 159. The number of aldehydes is 1. The first kappa shape index (κ1) is 11.1. The summed E-state index contributed by atoms with van der Waals surface area (Å²) in [5, 5.41) is 0. The summed E-state index contributed by atoms with van der Waals surface area (Å²) < 4.78 is 0. The van der Waals surface area contributed by atoms with Gasteiger partial charge in [0.15, 0.2) is 5.78 Å². The Labute approximate surface area is 73.7 Å². The maximum Gasteiger partial charge on any atom is 0.152 e. The van der Waals surface area contributed by atoms with Crippen molar-refractivity contribution in [1.82, 2.24) is 0 Å². The Morgan fingerprint density at radius 3 is 2.42 bits per heavy atom. The fourth-order valence-corrected chi connectivity index (χ4v) is 0.916. The molecule has 0 aromatic rings. The van der Waals surface area contributed by atoms with Gasteiger partial charge in [-0.15, -0.1) is 0 Å². The van der Waals surface area contributed by atoms with E-state index in [9.17, 15) is 9.59 Å². The summed E-state index contributed by atoms with van der Waals surface area (Å²) >= 11 is 0. The van der Waals surface area contributed by atoms with Crippen LogP contribution in [0.25, 0.3) is 0 Å². The van der Waals surface area contributed by atoms with E-state index in [1.54, 1.807) is 13.0 Å². The van der Waals surface area contributed by atoms with E-state index in [0.29, 0.717) is 6.42 Å². The molecule has 0 aromatic heterocycles. The third-order valence-corrected chi connectivity index (χ3v) is 1.55.